The molecular weight excluding hydrogens is 318 g/mol. The fourth-order valence-corrected chi connectivity index (χ4v) is 3.55. The van der Waals surface area contributed by atoms with Crippen molar-refractivity contribution in [2.45, 2.75) is 51.5 Å². The zero-order valence-electron chi connectivity index (χ0n) is 14.1. The van der Waals surface area contributed by atoms with Crippen molar-refractivity contribution < 1.29 is 4.79 Å². The average molecular weight is 342 g/mol. The number of halogens is 1. The molecule has 2 aromatic carbocycles. The van der Waals surface area contributed by atoms with Crippen molar-refractivity contribution in [1.82, 2.24) is 5.32 Å². The molecule has 0 radical (unpaired) electrons. The van der Waals surface area contributed by atoms with E-state index in [-0.39, 0.29) is 11.9 Å². The van der Waals surface area contributed by atoms with Gasteiger partial charge in [-0.3, -0.25) is 4.79 Å². The lowest BCUT2D eigenvalue weighted by Gasteiger charge is -2.22. The third kappa shape index (κ3) is 4.18. The van der Waals surface area contributed by atoms with Crippen LogP contribution in [-0.2, 0) is 24.1 Å². The van der Waals surface area contributed by atoms with Crippen molar-refractivity contribution in [1.29, 1.82) is 0 Å². The first kappa shape index (κ1) is 17.0. The van der Waals surface area contributed by atoms with Crippen LogP contribution in [0.2, 0.25) is 5.02 Å². The van der Waals surface area contributed by atoms with Crippen molar-refractivity contribution in [2.75, 3.05) is 0 Å². The van der Waals surface area contributed by atoms with Crippen molar-refractivity contribution in [3.05, 3.63) is 69.7 Å². The highest BCUT2D eigenvalue weighted by molar-refractivity contribution is 6.30. The minimum Gasteiger partial charge on any atom is -0.349 e. The van der Waals surface area contributed by atoms with Crippen LogP contribution in [0, 0.1) is 0 Å². The molecule has 2 aromatic rings. The molecule has 0 fully saturated rings. The van der Waals surface area contributed by atoms with Crippen LogP contribution in [0.1, 0.15) is 54.5 Å². The first-order valence-corrected chi connectivity index (χ1v) is 9.19. The van der Waals surface area contributed by atoms with Crippen LogP contribution in [0.4, 0.5) is 0 Å². The fraction of sp³-hybridized carbons (Fsp3) is 0.381. The largest absolute Gasteiger partial charge is 0.349 e. The summed E-state index contributed by atoms with van der Waals surface area (Å²) in [5, 5.41) is 3.88. The minimum absolute atomic E-state index is 0.0573. The van der Waals surface area contributed by atoms with E-state index in [1.807, 2.05) is 24.3 Å². The minimum atomic E-state index is 0.0573. The Morgan fingerprint density at radius 2 is 1.79 bits per heavy atom. The number of aryl methyl sites for hydroxylation is 2. The lowest BCUT2D eigenvalue weighted by molar-refractivity contribution is -0.121. The highest BCUT2D eigenvalue weighted by atomic mass is 35.5. The fourth-order valence-electron chi connectivity index (χ4n) is 3.42. The predicted molar refractivity (Wildman–Crippen MR) is 99.4 cm³/mol. The van der Waals surface area contributed by atoms with Crippen LogP contribution in [0.5, 0.6) is 0 Å². The Morgan fingerprint density at radius 1 is 1.08 bits per heavy atom. The maximum absolute atomic E-state index is 12.4. The topological polar surface area (TPSA) is 29.1 Å². The van der Waals surface area contributed by atoms with Gasteiger partial charge in [0.15, 0.2) is 0 Å². The summed E-state index contributed by atoms with van der Waals surface area (Å²) in [6.45, 7) is 2.12. The molecule has 0 aliphatic heterocycles. The Morgan fingerprint density at radius 3 is 2.50 bits per heavy atom. The van der Waals surface area contributed by atoms with E-state index in [0.717, 1.165) is 12.0 Å². The third-order valence-electron chi connectivity index (χ3n) is 4.80. The van der Waals surface area contributed by atoms with Gasteiger partial charge in [-0.05, 0) is 66.5 Å². The predicted octanol–water partition coefficient (Wildman–Crippen LogP) is 5.03. The maximum Gasteiger partial charge on any atom is 0.224 e. The molecule has 0 unspecified atom stereocenters. The summed E-state index contributed by atoms with van der Waals surface area (Å²) in [4.78, 5) is 12.4. The zero-order chi connectivity index (χ0) is 16.9. The van der Waals surface area contributed by atoms with Crippen molar-refractivity contribution in [2.24, 2.45) is 0 Å². The Labute approximate surface area is 149 Å². The lowest BCUT2D eigenvalue weighted by Crippen LogP contribution is -2.29. The first-order chi connectivity index (χ1) is 11.7. The van der Waals surface area contributed by atoms with E-state index in [1.54, 1.807) is 0 Å². The first-order valence-electron chi connectivity index (χ1n) is 8.81. The molecule has 1 amide bonds. The van der Waals surface area contributed by atoms with Crippen LogP contribution in [-0.4, -0.2) is 5.91 Å². The molecular formula is C21H24ClNO. The van der Waals surface area contributed by atoms with Crippen LogP contribution in [0.3, 0.4) is 0 Å². The van der Waals surface area contributed by atoms with Gasteiger partial charge in [-0.2, -0.15) is 0 Å². The van der Waals surface area contributed by atoms with E-state index in [4.69, 9.17) is 11.6 Å². The number of benzene rings is 2. The number of hydrogen-bond donors (Lipinski definition) is 1. The van der Waals surface area contributed by atoms with Crippen LogP contribution >= 0.6 is 11.6 Å². The molecule has 1 aliphatic carbocycles. The van der Waals surface area contributed by atoms with Gasteiger partial charge in [0.1, 0.15) is 0 Å². The van der Waals surface area contributed by atoms with Gasteiger partial charge in [0.05, 0.1) is 12.5 Å². The van der Waals surface area contributed by atoms with E-state index in [0.29, 0.717) is 11.4 Å². The van der Waals surface area contributed by atoms with E-state index in [2.05, 4.69) is 30.4 Å². The molecule has 126 valence electrons. The Bertz CT molecular complexity index is 708. The molecule has 1 N–H and O–H groups in total. The highest BCUT2D eigenvalue weighted by Gasteiger charge is 2.16. The number of carbonyl (C=O) groups is 1. The normalized spacial score (nSPS) is 14.8. The molecule has 24 heavy (non-hydrogen) atoms. The van der Waals surface area contributed by atoms with Gasteiger partial charge in [0.2, 0.25) is 5.91 Å². The van der Waals surface area contributed by atoms with Gasteiger partial charge >= 0.3 is 0 Å². The second-order valence-electron chi connectivity index (χ2n) is 6.57. The standard InChI is InChI=1S/C21H24ClNO/c1-2-20(18-10-9-16-5-3-4-6-17(16)14-18)23-21(24)13-15-7-11-19(22)12-8-15/h7-12,14,20H,2-6,13H2,1H3,(H,23,24)/t20-/m0/s1. The molecule has 1 aliphatic rings. The van der Waals surface area contributed by atoms with Crippen molar-refractivity contribution in [3.63, 3.8) is 0 Å². The zero-order valence-corrected chi connectivity index (χ0v) is 14.9. The molecule has 0 heterocycles. The van der Waals surface area contributed by atoms with Crippen LogP contribution < -0.4 is 5.32 Å². The average Bonchev–Trinajstić information content (AvgIpc) is 2.61. The van der Waals surface area contributed by atoms with Gasteiger partial charge in [0.25, 0.3) is 0 Å². The van der Waals surface area contributed by atoms with Crippen LogP contribution in [0.15, 0.2) is 42.5 Å². The van der Waals surface area contributed by atoms with Gasteiger partial charge in [-0.1, -0.05) is 48.9 Å². The monoisotopic (exact) mass is 341 g/mol. The summed E-state index contributed by atoms with van der Waals surface area (Å²) < 4.78 is 0. The van der Waals surface area contributed by atoms with Gasteiger partial charge < -0.3 is 5.32 Å². The molecule has 2 nitrogen and oxygen atoms in total. The van der Waals surface area contributed by atoms with E-state index in [9.17, 15) is 4.79 Å². The number of nitrogens with one attached hydrogen (secondary N) is 1. The Kier molecular flexibility index (Phi) is 5.57. The van der Waals surface area contributed by atoms with E-state index < -0.39 is 0 Å². The number of amides is 1. The molecule has 0 saturated carbocycles. The highest BCUT2D eigenvalue weighted by Crippen LogP contribution is 2.26. The molecule has 1 atom stereocenters. The Hall–Kier alpha value is -1.80. The molecule has 0 spiro atoms. The summed E-state index contributed by atoms with van der Waals surface area (Å²) >= 11 is 5.89. The SMILES string of the molecule is CC[C@H](NC(=O)Cc1ccc(Cl)cc1)c1ccc2c(c1)CCCC2. The second-order valence-corrected chi connectivity index (χ2v) is 7.00. The number of fused-ring (bicyclic) bond motifs is 1. The quantitative estimate of drug-likeness (QED) is 0.812. The molecule has 3 rings (SSSR count). The van der Waals surface area contributed by atoms with Crippen molar-refractivity contribution >= 4 is 17.5 Å². The summed E-state index contributed by atoms with van der Waals surface area (Å²) in [5.41, 5.74) is 5.15. The van der Waals surface area contributed by atoms with Gasteiger partial charge in [-0.25, -0.2) is 0 Å². The smallest absolute Gasteiger partial charge is 0.224 e. The number of carbonyl (C=O) groups excluding carboxylic acids is 1. The van der Waals surface area contributed by atoms with Gasteiger partial charge in [-0.15, -0.1) is 0 Å². The molecule has 0 saturated heterocycles. The van der Waals surface area contributed by atoms with Crippen LogP contribution in [0.25, 0.3) is 0 Å². The number of hydrogen-bond acceptors (Lipinski definition) is 1. The summed E-state index contributed by atoms with van der Waals surface area (Å²) in [6.07, 6.45) is 6.20. The van der Waals surface area contributed by atoms with E-state index in [1.165, 1.54) is 42.4 Å². The molecule has 0 bridgehead atoms. The molecule has 3 heteroatoms. The molecule has 0 aromatic heterocycles. The summed E-state index contributed by atoms with van der Waals surface area (Å²) in [6, 6.07) is 14.3. The summed E-state index contributed by atoms with van der Waals surface area (Å²) in [7, 11) is 0. The number of rotatable bonds is 5. The van der Waals surface area contributed by atoms with Gasteiger partial charge in [0, 0.05) is 5.02 Å². The lowest BCUT2D eigenvalue weighted by atomic mass is 9.88. The van der Waals surface area contributed by atoms with E-state index >= 15 is 0 Å². The third-order valence-corrected chi connectivity index (χ3v) is 5.05. The summed E-state index contributed by atoms with van der Waals surface area (Å²) in [5.74, 6) is 0.0573. The van der Waals surface area contributed by atoms with Crippen molar-refractivity contribution in [3.8, 4) is 0 Å². The maximum atomic E-state index is 12.4. The second kappa shape index (κ2) is 7.85. The Balaban J connectivity index is 1.67.